The Morgan fingerprint density at radius 1 is 1.00 bits per heavy atom. The summed E-state index contributed by atoms with van der Waals surface area (Å²) >= 11 is 0. The van der Waals surface area contributed by atoms with E-state index in [0.717, 1.165) is 22.6 Å². The van der Waals surface area contributed by atoms with Crippen molar-refractivity contribution in [1.82, 2.24) is 15.1 Å². The maximum Gasteiger partial charge on any atom is 0.319 e. The summed E-state index contributed by atoms with van der Waals surface area (Å²) in [6.07, 6.45) is 0.687. The molecule has 5 N–H and O–H groups in total. The lowest BCUT2D eigenvalue weighted by molar-refractivity contribution is 0.100. The standard InChI is InChI=1S/C29H30N6O3/c1-29(2,3)33-28(37)31-20-12-9-18-15-16-35-27(32-23(18)17-20)24(26(30)36)25(34-35)19-10-13-22(14-11-19)38-21-7-5-4-6-8-21/h4-14,17,32H,15-16H2,1-3H3,(H2,30,36)(H2,31,33,37). The molecule has 1 aliphatic heterocycles. The lowest BCUT2D eigenvalue weighted by Gasteiger charge is -2.21. The van der Waals surface area contributed by atoms with E-state index < -0.39 is 5.91 Å². The number of urea groups is 1. The lowest BCUT2D eigenvalue weighted by atomic mass is 10.1. The summed E-state index contributed by atoms with van der Waals surface area (Å²) in [5, 5.41) is 13.8. The number of nitrogens with one attached hydrogen (secondary N) is 3. The summed E-state index contributed by atoms with van der Waals surface area (Å²) in [5.74, 6) is 1.34. The molecular formula is C29H30N6O3. The Morgan fingerprint density at radius 2 is 1.71 bits per heavy atom. The third kappa shape index (κ3) is 5.46. The van der Waals surface area contributed by atoms with E-state index >= 15 is 0 Å². The number of nitrogens with zero attached hydrogens (tertiary/aromatic N) is 2. The number of ether oxygens (including phenoxy) is 1. The lowest BCUT2D eigenvalue weighted by Crippen LogP contribution is -2.43. The molecule has 2 heterocycles. The van der Waals surface area contributed by atoms with E-state index in [1.165, 1.54) is 0 Å². The highest BCUT2D eigenvalue weighted by Gasteiger charge is 2.26. The molecule has 9 nitrogen and oxygen atoms in total. The van der Waals surface area contributed by atoms with Gasteiger partial charge in [-0.2, -0.15) is 5.10 Å². The van der Waals surface area contributed by atoms with E-state index in [4.69, 9.17) is 15.6 Å². The molecule has 0 bridgehead atoms. The van der Waals surface area contributed by atoms with Crippen LogP contribution in [0.1, 0.15) is 36.7 Å². The molecule has 0 spiro atoms. The summed E-state index contributed by atoms with van der Waals surface area (Å²) in [5.41, 5.74) is 9.48. The number of primary amides is 1. The molecule has 1 aromatic heterocycles. The fraction of sp³-hybridized carbons (Fsp3) is 0.207. The van der Waals surface area contributed by atoms with Crippen molar-refractivity contribution < 1.29 is 14.3 Å². The molecule has 4 aromatic rings. The van der Waals surface area contributed by atoms with Crippen LogP contribution in [-0.4, -0.2) is 27.3 Å². The molecule has 0 unspecified atom stereocenters. The normalized spacial score (nSPS) is 12.4. The Balaban J connectivity index is 1.42. The van der Waals surface area contributed by atoms with Gasteiger partial charge in [0.05, 0.1) is 0 Å². The van der Waals surface area contributed by atoms with Gasteiger partial charge in [-0.15, -0.1) is 0 Å². The number of amides is 3. The number of para-hydroxylation sites is 1. The largest absolute Gasteiger partial charge is 0.457 e. The molecule has 1 aliphatic rings. The Morgan fingerprint density at radius 3 is 2.39 bits per heavy atom. The molecular weight excluding hydrogens is 480 g/mol. The predicted octanol–water partition coefficient (Wildman–Crippen LogP) is 5.66. The maximum absolute atomic E-state index is 12.6. The van der Waals surface area contributed by atoms with Crippen molar-refractivity contribution in [3.8, 4) is 22.8 Å². The van der Waals surface area contributed by atoms with Gasteiger partial charge in [-0.3, -0.25) is 4.79 Å². The van der Waals surface area contributed by atoms with Gasteiger partial charge >= 0.3 is 6.03 Å². The van der Waals surface area contributed by atoms with E-state index in [0.29, 0.717) is 41.5 Å². The average Bonchev–Trinajstić information content (AvgIpc) is 3.12. The monoisotopic (exact) mass is 510 g/mol. The first-order valence-electron chi connectivity index (χ1n) is 12.4. The fourth-order valence-corrected chi connectivity index (χ4v) is 4.34. The molecule has 0 aliphatic carbocycles. The first kappa shape index (κ1) is 24.9. The number of fused-ring (bicyclic) bond motifs is 2. The van der Waals surface area contributed by atoms with Crippen molar-refractivity contribution >= 4 is 29.1 Å². The molecule has 194 valence electrons. The molecule has 38 heavy (non-hydrogen) atoms. The quantitative estimate of drug-likeness (QED) is 0.276. The van der Waals surface area contributed by atoms with E-state index in [-0.39, 0.29) is 11.6 Å². The highest BCUT2D eigenvalue weighted by atomic mass is 16.5. The van der Waals surface area contributed by atoms with Crippen LogP contribution in [0.4, 0.5) is 22.0 Å². The van der Waals surface area contributed by atoms with Crippen LogP contribution < -0.4 is 26.4 Å². The second-order valence-corrected chi connectivity index (χ2v) is 10.2. The first-order valence-corrected chi connectivity index (χ1v) is 12.4. The summed E-state index contributed by atoms with van der Waals surface area (Å²) < 4.78 is 7.65. The van der Waals surface area contributed by atoms with Crippen LogP contribution in [0.25, 0.3) is 11.3 Å². The number of nitrogens with two attached hydrogens (primary N) is 1. The highest BCUT2D eigenvalue weighted by Crippen LogP contribution is 2.36. The number of aryl methyl sites for hydroxylation is 2. The Bertz CT molecular complexity index is 1490. The fourth-order valence-electron chi connectivity index (χ4n) is 4.34. The second kappa shape index (κ2) is 9.93. The van der Waals surface area contributed by atoms with Crippen molar-refractivity contribution in [2.45, 2.75) is 39.3 Å². The van der Waals surface area contributed by atoms with Crippen LogP contribution in [0.2, 0.25) is 0 Å². The summed E-state index contributed by atoms with van der Waals surface area (Å²) in [7, 11) is 0. The van der Waals surface area contributed by atoms with E-state index in [9.17, 15) is 9.59 Å². The number of carbonyl (C=O) groups excluding carboxylic acids is 2. The van der Waals surface area contributed by atoms with Crippen molar-refractivity contribution in [2.75, 3.05) is 10.6 Å². The van der Waals surface area contributed by atoms with Crippen LogP contribution in [0, 0.1) is 0 Å². The summed E-state index contributed by atoms with van der Waals surface area (Å²) in [6.45, 7) is 6.30. The Kier molecular flexibility index (Phi) is 6.50. The Labute approximate surface area is 221 Å². The zero-order chi connectivity index (χ0) is 26.9. The topological polar surface area (TPSA) is 123 Å². The predicted molar refractivity (Wildman–Crippen MR) is 148 cm³/mol. The van der Waals surface area contributed by atoms with Gasteiger partial charge in [0.1, 0.15) is 28.6 Å². The van der Waals surface area contributed by atoms with Gasteiger partial charge in [0.25, 0.3) is 5.91 Å². The second-order valence-electron chi connectivity index (χ2n) is 10.2. The summed E-state index contributed by atoms with van der Waals surface area (Å²) in [6, 6.07) is 22.3. The van der Waals surface area contributed by atoms with Crippen LogP contribution in [0.5, 0.6) is 11.5 Å². The molecule has 0 saturated carbocycles. The number of benzene rings is 3. The van der Waals surface area contributed by atoms with Gasteiger partial charge < -0.3 is 26.4 Å². The number of aromatic nitrogens is 2. The zero-order valence-corrected chi connectivity index (χ0v) is 21.5. The van der Waals surface area contributed by atoms with E-state index in [1.807, 2.05) is 93.6 Å². The van der Waals surface area contributed by atoms with Crippen molar-refractivity contribution in [1.29, 1.82) is 0 Å². The Hall–Kier alpha value is -4.79. The van der Waals surface area contributed by atoms with Gasteiger partial charge in [0.15, 0.2) is 0 Å². The van der Waals surface area contributed by atoms with Crippen molar-refractivity contribution in [2.24, 2.45) is 5.73 Å². The third-order valence-electron chi connectivity index (χ3n) is 6.01. The number of hydrogen-bond acceptors (Lipinski definition) is 5. The van der Waals surface area contributed by atoms with Gasteiger partial charge in [-0.25, -0.2) is 9.48 Å². The SMILES string of the molecule is CC(C)(C)NC(=O)Nc1ccc2c(c1)Nc1c(C(N)=O)c(-c3ccc(Oc4ccccc4)cc3)nn1CC2. The smallest absolute Gasteiger partial charge is 0.319 e. The van der Waals surface area contributed by atoms with Crippen molar-refractivity contribution in [3.63, 3.8) is 0 Å². The minimum Gasteiger partial charge on any atom is -0.457 e. The maximum atomic E-state index is 12.6. The minimum absolute atomic E-state index is 0.295. The number of hydrogen-bond donors (Lipinski definition) is 4. The molecule has 5 rings (SSSR count). The van der Waals surface area contributed by atoms with Gasteiger partial charge in [-0.05, 0) is 81.3 Å². The van der Waals surface area contributed by atoms with E-state index in [1.54, 1.807) is 4.68 Å². The molecule has 0 radical (unpaired) electrons. The molecule has 0 fully saturated rings. The van der Waals surface area contributed by atoms with Crippen molar-refractivity contribution in [3.05, 3.63) is 83.9 Å². The van der Waals surface area contributed by atoms with Crippen LogP contribution in [0.15, 0.2) is 72.8 Å². The van der Waals surface area contributed by atoms with Crippen LogP contribution in [-0.2, 0) is 13.0 Å². The number of anilines is 3. The molecule has 3 amide bonds. The zero-order valence-electron chi connectivity index (χ0n) is 21.5. The number of carbonyl (C=O) groups is 2. The molecule has 3 aromatic carbocycles. The van der Waals surface area contributed by atoms with Gasteiger partial charge in [0.2, 0.25) is 0 Å². The van der Waals surface area contributed by atoms with E-state index in [2.05, 4.69) is 16.0 Å². The average molecular weight is 511 g/mol. The van der Waals surface area contributed by atoms with Gasteiger partial charge in [-0.1, -0.05) is 24.3 Å². The summed E-state index contributed by atoms with van der Waals surface area (Å²) in [4.78, 5) is 25.0. The van der Waals surface area contributed by atoms with Crippen LogP contribution in [0.3, 0.4) is 0 Å². The number of rotatable bonds is 5. The molecule has 9 heteroatoms. The van der Waals surface area contributed by atoms with Gasteiger partial charge in [0, 0.05) is 29.0 Å². The molecule has 0 atom stereocenters. The highest BCUT2D eigenvalue weighted by molar-refractivity contribution is 6.04. The van der Waals surface area contributed by atoms with Crippen LogP contribution >= 0.6 is 0 Å². The first-order chi connectivity index (χ1) is 18.2. The minimum atomic E-state index is -0.583. The third-order valence-corrected chi connectivity index (χ3v) is 6.01. The molecule has 0 saturated heterocycles.